The Bertz CT molecular complexity index is 889. The third kappa shape index (κ3) is 2.83. The summed E-state index contributed by atoms with van der Waals surface area (Å²) in [6, 6.07) is 0. The fraction of sp³-hybridized carbons (Fsp3) is 0.903. The zero-order chi connectivity index (χ0) is 24.9. The lowest BCUT2D eigenvalue weighted by Crippen LogP contribution is -2.65. The Morgan fingerprint density at radius 1 is 0.941 bits per heavy atom. The van der Waals surface area contributed by atoms with Gasteiger partial charge >= 0.3 is 5.97 Å². The second-order valence-electron chi connectivity index (χ2n) is 14.7. The van der Waals surface area contributed by atoms with Crippen molar-refractivity contribution in [1.29, 1.82) is 0 Å². The van der Waals surface area contributed by atoms with Crippen molar-refractivity contribution in [2.45, 2.75) is 112 Å². The van der Waals surface area contributed by atoms with Crippen molar-refractivity contribution in [3.05, 3.63) is 11.6 Å². The molecule has 0 aromatic carbocycles. The molecule has 0 aliphatic heterocycles. The number of methoxy groups -OCH3 is 1. The van der Waals surface area contributed by atoms with Crippen LogP contribution in [0.1, 0.15) is 106 Å². The molecule has 5 rings (SSSR count). The predicted molar refractivity (Wildman–Crippen MR) is 137 cm³/mol. The molecule has 10 atom stereocenters. The summed E-state index contributed by atoms with van der Waals surface area (Å²) < 4.78 is 5.51. The number of carbonyl (C=O) groups excluding carboxylic acids is 1. The van der Waals surface area contributed by atoms with E-state index in [4.69, 9.17) is 4.74 Å². The van der Waals surface area contributed by atoms with Crippen LogP contribution in [-0.4, -0.2) is 24.3 Å². The van der Waals surface area contributed by atoms with E-state index >= 15 is 0 Å². The predicted octanol–water partition coefficient (Wildman–Crippen LogP) is 7.18. The Morgan fingerprint density at radius 2 is 1.65 bits per heavy atom. The number of hydrogen-bond acceptors (Lipinski definition) is 3. The minimum atomic E-state index is -0.326. The molecule has 0 heterocycles. The quantitative estimate of drug-likeness (QED) is 0.326. The second-order valence-corrected chi connectivity index (χ2v) is 14.7. The molecule has 0 aromatic rings. The van der Waals surface area contributed by atoms with Crippen molar-refractivity contribution in [1.82, 2.24) is 0 Å². The first kappa shape index (κ1) is 24.8. The Labute approximate surface area is 208 Å². The maximum absolute atomic E-state index is 13.4. The molecular weight excluding hydrogens is 420 g/mol. The molecule has 4 saturated carbocycles. The van der Waals surface area contributed by atoms with E-state index in [2.05, 4.69) is 54.5 Å². The fourth-order valence-electron chi connectivity index (χ4n) is 11.0. The molecule has 0 bridgehead atoms. The van der Waals surface area contributed by atoms with Gasteiger partial charge in [-0.1, -0.05) is 60.1 Å². The van der Waals surface area contributed by atoms with Crippen LogP contribution in [0.5, 0.6) is 0 Å². The van der Waals surface area contributed by atoms with Crippen LogP contribution in [0.25, 0.3) is 0 Å². The normalized spacial score (nSPS) is 54.0. The van der Waals surface area contributed by atoms with Gasteiger partial charge in [-0.2, -0.15) is 0 Å². The van der Waals surface area contributed by atoms with Gasteiger partial charge in [0.05, 0.1) is 18.6 Å². The summed E-state index contributed by atoms with van der Waals surface area (Å²) in [4.78, 5) is 13.4. The van der Waals surface area contributed by atoms with Gasteiger partial charge in [-0.25, -0.2) is 0 Å². The fourth-order valence-corrected chi connectivity index (χ4v) is 11.0. The van der Waals surface area contributed by atoms with Crippen LogP contribution < -0.4 is 0 Å². The molecular formula is C31H50O3. The van der Waals surface area contributed by atoms with Gasteiger partial charge in [0, 0.05) is 0 Å². The highest BCUT2D eigenvalue weighted by Gasteiger charge is 2.69. The molecule has 5 aliphatic rings. The average Bonchev–Trinajstić information content (AvgIpc) is 2.79. The molecule has 0 radical (unpaired) electrons. The summed E-state index contributed by atoms with van der Waals surface area (Å²) in [5, 5.41) is 10.9. The number of fused-ring (bicyclic) bond motifs is 7. The average molecular weight is 471 g/mol. The van der Waals surface area contributed by atoms with Gasteiger partial charge < -0.3 is 9.84 Å². The van der Waals surface area contributed by atoms with Crippen LogP contribution in [-0.2, 0) is 9.53 Å². The van der Waals surface area contributed by atoms with Crippen LogP contribution in [0.2, 0.25) is 0 Å². The van der Waals surface area contributed by atoms with Gasteiger partial charge in [0.1, 0.15) is 0 Å². The van der Waals surface area contributed by atoms with Gasteiger partial charge in [-0.15, -0.1) is 0 Å². The van der Waals surface area contributed by atoms with Gasteiger partial charge in [-0.05, 0) is 109 Å². The van der Waals surface area contributed by atoms with Gasteiger partial charge in [0.15, 0.2) is 0 Å². The van der Waals surface area contributed by atoms with Crippen molar-refractivity contribution in [2.24, 2.45) is 56.7 Å². The lowest BCUT2D eigenvalue weighted by molar-refractivity contribution is -0.207. The van der Waals surface area contributed by atoms with Crippen LogP contribution in [0, 0.1) is 56.7 Å². The van der Waals surface area contributed by atoms with E-state index in [0.29, 0.717) is 29.6 Å². The highest BCUT2D eigenvalue weighted by molar-refractivity contribution is 5.78. The second kappa shape index (κ2) is 7.59. The molecule has 0 saturated heterocycles. The Morgan fingerprint density at radius 3 is 2.32 bits per heavy atom. The van der Waals surface area contributed by atoms with Crippen LogP contribution >= 0.6 is 0 Å². The molecule has 0 unspecified atom stereocenters. The molecule has 5 aliphatic carbocycles. The Kier molecular flexibility index (Phi) is 5.55. The third-order valence-electron chi connectivity index (χ3n) is 13.6. The number of allylic oxidation sites excluding steroid dienone is 2. The number of esters is 1. The number of hydrogen-bond donors (Lipinski definition) is 1. The first-order chi connectivity index (χ1) is 15.8. The van der Waals surface area contributed by atoms with Crippen molar-refractivity contribution < 1.29 is 14.6 Å². The standard InChI is InChI=1S/C31H50O3/c1-19-11-16-31(26(33)34-8)18-17-29(6)21(25(31)20(19)2)9-10-23-28(5)14-13-24(32)27(3,4)22(28)12-15-30(23,29)7/h9,19-20,22-25,32H,10-18H2,1-8H3/t19-,20+,22-,23+,24-,25+,28-,29+,30+,31-/m0/s1. The molecule has 3 heteroatoms. The Hall–Kier alpha value is -0.830. The van der Waals surface area contributed by atoms with Crippen LogP contribution in [0.15, 0.2) is 11.6 Å². The maximum Gasteiger partial charge on any atom is 0.312 e. The molecule has 4 fully saturated rings. The Balaban J connectivity index is 1.61. The van der Waals surface area contributed by atoms with E-state index < -0.39 is 0 Å². The van der Waals surface area contributed by atoms with Crippen LogP contribution in [0.3, 0.4) is 0 Å². The molecule has 192 valence electrons. The minimum absolute atomic E-state index is 0.0147. The first-order valence-corrected chi connectivity index (χ1v) is 14.3. The summed E-state index contributed by atoms with van der Waals surface area (Å²) in [5.74, 6) is 2.73. The van der Waals surface area contributed by atoms with Crippen molar-refractivity contribution >= 4 is 5.97 Å². The summed E-state index contributed by atoms with van der Waals surface area (Å²) in [6.45, 7) is 17.2. The zero-order valence-corrected chi connectivity index (χ0v) is 23.2. The first-order valence-electron chi connectivity index (χ1n) is 14.3. The number of rotatable bonds is 1. The highest BCUT2D eigenvalue weighted by atomic mass is 16.5. The summed E-state index contributed by atoms with van der Waals surface area (Å²) in [7, 11) is 1.60. The SMILES string of the molecule is COC(=O)[C@]12CC[C@H](C)[C@@H](C)[C@@H]1C1=CC[C@@H]3[C@@]4(C)CC[C@H](O)C(C)(C)[C@@H]4CC[C@@]3(C)[C@]1(C)CC2. The van der Waals surface area contributed by atoms with Crippen molar-refractivity contribution in [2.75, 3.05) is 7.11 Å². The smallest absolute Gasteiger partial charge is 0.312 e. The molecule has 34 heavy (non-hydrogen) atoms. The monoisotopic (exact) mass is 470 g/mol. The van der Waals surface area contributed by atoms with E-state index in [1.165, 1.54) is 12.8 Å². The van der Waals surface area contributed by atoms with E-state index in [9.17, 15) is 9.90 Å². The largest absolute Gasteiger partial charge is 0.469 e. The van der Waals surface area contributed by atoms with E-state index in [1.807, 2.05) is 0 Å². The summed E-state index contributed by atoms with van der Waals surface area (Å²) in [6.07, 6.45) is 12.3. The lowest BCUT2D eigenvalue weighted by Gasteiger charge is -2.71. The van der Waals surface area contributed by atoms with Crippen molar-refractivity contribution in [3.63, 3.8) is 0 Å². The zero-order valence-electron chi connectivity index (χ0n) is 23.2. The number of ether oxygens (including phenoxy) is 1. The van der Waals surface area contributed by atoms with Gasteiger partial charge in [-0.3, -0.25) is 4.79 Å². The molecule has 0 aromatic heterocycles. The summed E-state index contributed by atoms with van der Waals surface area (Å²) in [5.41, 5.74) is 1.91. The minimum Gasteiger partial charge on any atom is -0.469 e. The molecule has 3 nitrogen and oxygen atoms in total. The topological polar surface area (TPSA) is 46.5 Å². The van der Waals surface area contributed by atoms with Gasteiger partial charge in [0.25, 0.3) is 0 Å². The maximum atomic E-state index is 13.4. The van der Waals surface area contributed by atoms with E-state index in [1.54, 1.807) is 12.7 Å². The molecule has 0 amide bonds. The van der Waals surface area contributed by atoms with Crippen molar-refractivity contribution in [3.8, 4) is 0 Å². The highest BCUT2D eigenvalue weighted by Crippen LogP contribution is 2.75. The molecule has 0 spiro atoms. The third-order valence-corrected chi connectivity index (χ3v) is 13.6. The number of carbonyl (C=O) groups is 1. The molecule has 1 N–H and O–H groups in total. The van der Waals surface area contributed by atoms with E-state index in [0.717, 1.165) is 44.9 Å². The number of aliphatic hydroxyl groups excluding tert-OH is 1. The van der Waals surface area contributed by atoms with Crippen LogP contribution in [0.4, 0.5) is 0 Å². The number of aliphatic hydroxyl groups is 1. The summed E-state index contributed by atoms with van der Waals surface area (Å²) >= 11 is 0. The van der Waals surface area contributed by atoms with E-state index in [-0.39, 0.29) is 39.1 Å². The lowest BCUT2D eigenvalue weighted by atomic mass is 9.33. The van der Waals surface area contributed by atoms with Gasteiger partial charge in [0.2, 0.25) is 0 Å².